The third kappa shape index (κ3) is 4.39. The standard InChI is InChI=1S/C21H34N6O4/c1-6-7-11-31-18-24-16(22)15-17(25-18)26(19(23-15)30-5)12-14-9-8-10-27(13-14,20(28)29)21(2,3)4/h14H,6-13H2,1-5H3,(H2-,22,24,25,28,29)/t14-,27?/m0/s1. The van der Waals surface area contributed by atoms with Crippen LogP contribution in [0.4, 0.5) is 10.6 Å². The van der Waals surface area contributed by atoms with Crippen molar-refractivity contribution >= 4 is 23.1 Å². The van der Waals surface area contributed by atoms with Gasteiger partial charge < -0.3 is 25.1 Å². The number of nitrogen functional groups attached to an aromatic ring is 1. The Balaban J connectivity index is 1.95. The first-order chi connectivity index (χ1) is 14.6. The molecule has 10 nitrogen and oxygen atoms in total. The van der Waals surface area contributed by atoms with Crippen LogP contribution in [0.3, 0.4) is 0 Å². The SMILES string of the molecule is CCCCOc1nc(N)c2nc(OC)n(C[C@@H]3CCC[N+](C(=O)[O-])(C(C)(C)C)C3)c2n1. The van der Waals surface area contributed by atoms with Crippen LogP contribution in [0.1, 0.15) is 53.4 Å². The molecule has 1 aliphatic rings. The topological polar surface area (TPSA) is 128 Å². The number of unbranched alkanes of at least 4 members (excludes halogenated alkanes) is 1. The van der Waals surface area contributed by atoms with E-state index in [1.807, 2.05) is 25.3 Å². The van der Waals surface area contributed by atoms with Gasteiger partial charge in [0.1, 0.15) is 0 Å². The molecule has 1 amide bonds. The average molecular weight is 435 g/mol. The fourth-order valence-corrected chi connectivity index (χ4v) is 4.40. The van der Waals surface area contributed by atoms with Gasteiger partial charge >= 0.3 is 6.01 Å². The molecule has 0 spiro atoms. The summed E-state index contributed by atoms with van der Waals surface area (Å²) in [6.07, 6.45) is 2.55. The van der Waals surface area contributed by atoms with Crippen LogP contribution in [0.5, 0.6) is 12.0 Å². The van der Waals surface area contributed by atoms with E-state index in [4.69, 9.17) is 15.2 Å². The first kappa shape index (κ1) is 23.1. The zero-order valence-corrected chi connectivity index (χ0v) is 19.2. The van der Waals surface area contributed by atoms with Crippen LogP contribution >= 0.6 is 0 Å². The molecule has 1 saturated heterocycles. The van der Waals surface area contributed by atoms with E-state index >= 15 is 0 Å². The number of ether oxygens (including phenoxy) is 2. The molecule has 0 aromatic carbocycles. The number of fused-ring (bicyclic) bond motifs is 1. The first-order valence-electron chi connectivity index (χ1n) is 10.9. The van der Waals surface area contributed by atoms with Crippen molar-refractivity contribution in [1.29, 1.82) is 0 Å². The molecule has 0 saturated carbocycles. The summed E-state index contributed by atoms with van der Waals surface area (Å²) in [7, 11) is 1.54. The van der Waals surface area contributed by atoms with Crippen LogP contribution in [-0.4, -0.2) is 62.4 Å². The molecule has 2 aromatic rings. The maximum atomic E-state index is 12.2. The number of methoxy groups -OCH3 is 1. The minimum absolute atomic E-state index is 0.0743. The van der Waals surface area contributed by atoms with Crippen molar-refractivity contribution in [3.8, 4) is 12.0 Å². The van der Waals surface area contributed by atoms with Crippen molar-refractivity contribution in [1.82, 2.24) is 19.5 Å². The summed E-state index contributed by atoms with van der Waals surface area (Å²) in [5.41, 5.74) is 6.64. The second kappa shape index (κ2) is 8.86. The number of hydrogen-bond donors (Lipinski definition) is 1. The Bertz CT molecular complexity index is 938. The molecule has 1 unspecified atom stereocenters. The third-order valence-corrected chi connectivity index (χ3v) is 6.27. The van der Waals surface area contributed by atoms with Gasteiger partial charge in [0, 0.05) is 12.5 Å². The fraction of sp³-hybridized carbons (Fsp3) is 0.714. The van der Waals surface area contributed by atoms with E-state index in [1.165, 1.54) is 7.11 Å². The molecule has 1 fully saturated rings. The largest absolute Gasteiger partial charge is 0.498 e. The van der Waals surface area contributed by atoms with E-state index < -0.39 is 11.6 Å². The number of nitrogens with two attached hydrogens (primary N) is 1. The number of nitrogens with zero attached hydrogens (tertiary/aromatic N) is 5. The molecule has 10 heteroatoms. The average Bonchev–Trinajstić information content (AvgIpc) is 3.05. The molecule has 0 aliphatic carbocycles. The summed E-state index contributed by atoms with van der Waals surface area (Å²) in [6, 6.07) is 0.579. The van der Waals surface area contributed by atoms with E-state index in [0.29, 0.717) is 43.4 Å². The fourth-order valence-electron chi connectivity index (χ4n) is 4.40. The molecular formula is C21H34N6O4. The molecule has 0 bridgehead atoms. The third-order valence-electron chi connectivity index (χ3n) is 6.27. The van der Waals surface area contributed by atoms with Gasteiger partial charge in [0.2, 0.25) is 0 Å². The van der Waals surface area contributed by atoms with Crippen molar-refractivity contribution < 1.29 is 23.9 Å². The van der Waals surface area contributed by atoms with Gasteiger partial charge in [-0.25, -0.2) is 0 Å². The van der Waals surface area contributed by atoms with Crippen LogP contribution in [0.15, 0.2) is 0 Å². The lowest BCUT2D eigenvalue weighted by molar-refractivity contribution is -0.927. The summed E-state index contributed by atoms with van der Waals surface area (Å²) in [4.78, 5) is 25.4. The molecule has 172 valence electrons. The van der Waals surface area contributed by atoms with Gasteiger partial charge in [-0.05, 0) is 40.0 Å². The van der Waals surface area contributed by atoms with Crippen LogP contribution in [0, 0.1) is 5.92 Å². The zero-order valence-electron chi connectivity index (χ0n) is 19.2. The molecular weight excluding hydrogens is 400 g/mol. The molecule has 0 radical (unpaired) electrons. The van der Waals surface area contributed by atoms with Crippen molar-refractivity contribution in [2.45, 2.75) is 65.5 Å². The van der Waals surface area contributed by atoms with Gasteiger partial charge in [0.05, 0.1) is 32.3 Å². The molecule has 1 aliphatic heterocycles. The van der Waals surface area contributed by atoms with Gasteiger partial charge in [0.15, 0.2) is 17.0 Å². The van der Waals surface area contributed by atoms with Crippen LogP contribution in [0.25, 0.3) is 11.2 Å². The van der Waals surface area contributed by atoms with Crippen molar-refractivity contribution in [3.05, 3.63) is 0 Å². The lowest BCUT2D eigenvalue weighted by atomic mass is 9.90. The number of rotatable bonds is 7. The number of anilines is 1. The Morgan fingerprint density at radius 1 is 1.32 bits per heavy atom. The van der Waals surface area contributed by atoms with E-state index in [-0.39, 0.29) is 22.2 Å². The maximum absolute atomic E-state index is 12.2. The Hall–Kier alpha value is -2.62. The van der Waals surface area contributed by atoms with E-state index in [0.717, 1.165) is 25.7 Å². The maximum Gasteiger partial charge on any atom is 0.320 e. The van der Waals surface area contributed by atoms with Crippen LogP contribution < -0.4 is 20.3 Å². The molecule has 2 N–H and O–H groups in total. The number of carbonyl (C=O) groups excluding carboxylic acids is 1. The van der Waals surface area contributed by atoms with Gasteiger partial charge in [-0.15, -0.1) is 0 Å². The van der Waals surface area contributed by atoms with Gasteiger partial charge in [-0.1, -0.05) is 13.3 Å². The summed E-state index contributed by atoms with van der Waals surface area (Å²) < 4.78 is 12.9. The van der Waals surface area contributed by atoms with Crippen molar-refractivity contribution in [2.75, 3.05) is 32.5 Å². The minimum atomic E-state index is -1.03. The highest BCUT2D eigenvalue weighted by molar-refractivity contribution is 5.83. The predicted octanol–water partition coefficient (Wildman–Crippen LogP) is 1.96. The predicted molar refractivity (Wildman–Crippen MR) is 115 cm³/mol. The Labute approximate surface area is 183 Å². The summed E-state index contributed by atoms with van der Waals surface area (Å²) in [5, 5.41) is 12.2. The van der Waals surface area contributed by atoms with Crippen molar-refractivity contribution in [3.63, 3.8) is 0 Å². The lowest BCUT2D eigenvalue weighted by Crippen LogP contribution is -2.70. The van der Waals surface area contributed by atoms with E-state index in [9.17, 15) is 9.90 Å². The number of carboxylic acid groups (broad SMARTS) is 1. The number of carbonyl (C=O) groups is 1. The molecule has 3 rings (SSSR count). The number of amides is 1. The lowest BCUT2D eigenvalue weighted by Gasteiger charge is -2.52. The highest BCUT2D eigenvalue weighted by Crippen LogP contribution is 2.35. The summed E-state index contributed by atoms with van der Waals surface area (Å²) in [6.45, 7) is 9.98. The van der Waals surface area contributed by atoms with E-state index in [1.54, 1.807) is 0 Å². The number of likely N-dealkylation sites (tertiary alicyclic amines) is 1. The zero-order chi connectivity index (χ0) is 22.8. The smallest absolute Gasteiger partial charge is 0.320 e. The van der Waals surface area contributed by atoms with Crippen LogP contribution in [0.2, 0.25) is 0 Å². The Morgan fingerprint density at radius 3 is 2.68 bits per heavy atom. The van der Waals surface area contributed by atoms with Gasteiger partial charge in [-0.2, -0.15) is 15.0 Å². The highest BCUT2D eigenvalue weighted by atomic mass is 16.5. The first-order valence-corrected chi connectivity index (χ1v) is 10.9. The normalized spacial score (nSPS) is 21.9. The quantitative estimate of drug-likeness (QED) is 0.517. The second-order valence-corrected chi connectivity index (χ2v) is 9.29. The number of imidazole rings is 1. The summed E-state index contributed by atoms with van der Waals surface area (Å²) in [5.74, 6) is 0.310. The molecule has 2 aromatic heterocycles. The van der Waals surface area contributed by atoms with E-state index in [2.05, 4.69) is 21.9 Å². The number of hydrogen-bond acceptors (Lipinski definition) is 8. The minimum Gasteiger partial charge on any atom is -0.498 e. The van der Waals surface area contributed by atoms with Crippen molar-refractivity contribution in [2.24, 2.45) is 5.92 Å². The second-order valence-electron chi connectivity index (χ2n) is 9.29. The molecule has 31 heavy (non-hydrogen) atoms. The number of piperidine rings is 1. The number of aromatic nitrogens is 4. The highest BCUT2D eigenvalue weighted by Gasteiger charge is 2.46. The Kier molecular flexibility index (Phi) is 6.59. The van der Waals surface area contributed by atoms with Gasteiger partial charge in [0.25, 0.3) is 12.1 Å². The molecule has 3 heterocycles. The van der Waals surface area contributed by atoms with Crippen LogP contribution in [-0.2, 0) is 6.54 Å². The molecule has 2 atom stereocenters. The van der Waals surface area contributed by atoms with Gasteiger partial charge in [-0.3, -0.25) is 9.05 Å². The summed E-state index contributed by atoms with van der Waals surface area (Å²) >= 11 is 0. The Morgan fingerprint density at radius 2 is 2.06 bits per heavy atom. The monoisotopic (exact) mass is 434 g/mol. The number of quaternary nitrogens is 1.